The zero-order chi connectivity index (χ0) is 27.8. The van der Waals surface area contributed by atoms with Crippen LogP contribution in [0.4, 0.5) is 0 Å². The Hall–Kier alpha value is -2.48. The van der Waals surface area contributed by atoms with Gasteiger partial charge in [-0.25, -0.2) is 0 Å². The van der Waals surface area contributed by atoms with Crippen LogP contribution in [0.5, 0.6) is 0 Å². The number of methoxy groups -OCH3 is 1. The average molecular weight is 542 g/mol. The zero-order valence-electron chi connectivity index (χ0n) is 24.0. The molecule has 38 heavy (non-hydrogen) atoms. The Morgan fingerprint density at radius 1 is 1.05 bits per heavy atom. The van der Waals surface area contributed by atoms with Gasteiger partial charge in [-0.15, -0.1) is 0 Å². The molecule has 0 aromatic carbocycles. The maximum Gasteiger partial charge on any atom is 0.339 e. The third kappa shape index (κ3) is 6.22. The fourth-order valence-electron chi connectivity index (χ4n) is 5.39. The average Bonchev–Trinajstić information content (AvgIpc) is 3.15. The number of rotatable bonds is 6. The van der Waals surface area contributed by atoms with Crippen LogP contribution < -0.4 is 10.0 Å². The Morgan fingerprint density at radius 2 is 1.63 bits per heavy atom. The lowest BCUT2D eigenvalue weighted by Crippen LogP contribution is -2.49. The van der Waals surface area contributed by atoms with Crippen molar-refractivity contribution in [3.05, 3.63) is 39.4 Å². The van der Waals surface area contributed by atoms with E-state index >= 15 is 0 Å². The van der Waals surface area contributed by atoms with E-state index in [0.717, 1.165) is 39.4 Å². The van der Waals surface area contributed by atoms with Gasteiger partial charge < -0.3 is 15.3 Å². The Kier molecular flexibility index (Phi) is 8.22. The number of hydrogen-bond donors (Lipinski definition) is 1. The van der Waals surface area contributed by atoms with Crippen molar-refractivity contribution in [2.75, 3.05) is 7.11 Å². The Morgan fingerprint density at radius 3 is 2.16 bits per heavy atom. The van der Waals surface area contributed by atoms with Crippen LogP contribution in [0.25, 0.3) is 10.4 Å². The van der Waals surface area contributed by atoms with Crippen molar-refractivity contribution in [1.82, 2.24) is 10.3 Å². The highest BCUT2D eigenvalue weighted by Crippen LogP contribution is 2.38. The van der Waals surface area contributed by atoms with Crippen LogP contribution in [0.15, 0.2) is 12.1 Å². The van der Waals surface area contributed by atoms with Crippen LogP contribution in [0.1, 0.15) is 113 Å². The minimum Gasteiger partial charge on any atom is -0.617 e. The van der Waals surface area contributed by atoms with Gasteiger partial charge in [-0.3, -0.25) is 14.6 Å². The first-order valence-electron chi connectivity index (χ1n) is 13.9. The van der Waals surface area contributed by atoms with Gasteiger partial charge in [-0.2, -0.15) is 4.73 Å². The van der Waals surface area contributed by atoms with Crippen LogP contribution >= 0.6 is 11.3 Å². The second kappa shape index (κ2) is 10.9. The number of carbonyl (C=O) groups excluding carboxylic acids is 2. The van der Waals surface area contributed by atoms with E-state index in [-0.39, 0.29) is 39.7 Å². The predicted molar refractivity (Wildman–Crippen MR) is 150 cm³/mol. The molecule has 2 aliphatic carbocycles. The fraction of sp³-hybridized carbons (Fsp3) is 0.667. The lowest BCUT2D eigenvalue weighted by Gasteiger charge is -2.33. The molecule has 2 fully saturated rings. The highest BCUT2D eigenvalue weighted by Gasteiger charge is 2.39. The molecule has 2 aromatic heterocycles. The first-order valence-corrected chi connectivity index (χ1v) is 14.8. The summed E-state index contributed by atoms with van der Waals surface area (Å²) in [6, 6.07) is 4.07. The number of pyridine rings is 1. The summed E-state index contributed by atoms with van der Waals surface area (Å²) in [5.74, 6) is -0.347. The van der Waals surface area contributed by atoms with Crippen molar-refractivity contribution in [2.45, 2.75) is 110 Å². The Bertz CT molecular complexity index is 1150. The van der Waals surface area contributed by atoms with Crippen molar-refractivity contribution in [1.29, 1.82) is 0 Å². The molecule has 2 aliphatic rings. The van der Waals surface area contributed by atoms with Gasteiger partial charge in [-0.1, -0.05) is 72.1 Å². The maximum atomic E-state index is 13.7. The first kappa shape index (κ1) is 28.5. The van der Waals surface area contributed by atoms with Gasteiger partial charge in [0.15, 0.2) is 0 Å². The van der Waals surface area contributed by atoms with Gasteiger partial charge in [0.25, 0.3) is 0 Å². The largest absolute Gasteiger partial charge is 0.617 e. The fourth-order valence-corrected chi connectivity index (χ4v) is 6.45. The van der Waals surface area contributed by atoms with Crippen molar-refractivity contribution in [3.63, 3.8) is 0 Å². The highest BCUT2D eigenvalue weighted by molar-refractivity contribution is 7.16. The van der Waals surface area contributed by atoms with Crippen LogP contribution in [-0.2, 0) is 26.8 Å². The number of carbonyl (C=O) groups is 2. The molecule has 0 aliphatic heterocycles. The molecule has 0 atom stereocenters. The molecule has 0 spiro atoms. The molecule has 1 amide bonds. The van der Waals surface area contributed by atoms with Crippen molar-refractivity contribution < 1.29 is 19.1 Å². The number of amides is 1. The second-order valence-electron chi connectivity index (χ2n) is 13.2. The van der Waals surface area contributed by atoms with Crippen LogP contribution in [0.3, 0.4) is 0 Å². The molecule has 0 bridgehead atoms. The van der Waals surface area contributed by atoms with Gasteiger partial charge >= 0.3 is 16.9 Å². The normalized spacial score (nSPS) is 20.6. The van der Waals surface area contributed by atoms with Gasteiger partial charge in [0, 0.05) is 40.2 Å². The molecule has 0 unspecified atom stereocenters. The van der Waals surface area contributed by atoms with E-state index < -0.39 is 0 Å². The SMILES string of the molecule is COC(=O)[C@H]1C[C@H](NC(=O)c2sc(-c3cc(C(C)(C)C)nc(C(C)(C)C)c3)c(CC3CCCCC3)[n+]2[O-])C1. The minimum atomic E-state index is -0.365. The topological polar surface area (TPSA) is 95.2 Å². The van der Waals surface area contributed by atoms with Crippen molar-refractivity contribution in [3.8, 4) is 10.4 Å². The number of hydrogen-bond acceptors (Lipinski definition) is 6. The number of nitrogens with zero attached hydrogens (tertiary/aromatic N) is 2. The lowest BCUT2D eigenvalue weighted by atomic mass is 9.80. The van der Waals surface area contributed by atoms with E-state index in [9.17, 15) is 14.8 Å². The molecule has 8 heteroatoms. The quantitative estimate of drug-likeness (QED) is 0.281. The molecule has 0 saturated heterocycles. The number of aromatic nitrogens is 2. The molecule has 2 aromatic rings. The van der Waals surface area contributed by atoms with E-state index in [4.69, 9.17) is 9.72 Å². The van der Waals surface area contributed by atoms with E-state index in [1.54, 1.807) is 0 Å². The summed E-state index contributed by atoms with van der Waals surface area (Å²) in [7, 11) is 1.38. The lowest BCUT2D eigenvalue weighted by molar-refractivity contribution is -0.610. The summed E-state index contributed by atoms with van der Waals surface area (Å²) in [5.41, 5.74) is 3.28. The summed E-state index contributed by atoms with van der Waals surface area (Å²) < 4.78 is 5.69. The summed E-state index contributed by atoms with van der Waals surface area (Å²) in [6.45, 7) is 12.9. The standard InChI is InChI=1S/C30H43N3O4S/c1-29(2,3)23-16-19(17-24(32-23)30(4,5)6)25-22(13-18-11-9-8-10-12-18)33(36)27(38-25)26(34)31-21-14-20(15-21)28(35)37-7/h16-18,20-21H,8-15H2,1-7H3,(H,31,34)/t20-,21-. The molecule has 7 nitrogen and oxygen atoms in total. The van der Waals surface area contributed by atoms with Gasteiger partial charge in [0.2, 0.25) is 5.69 Å². The smallest absolute Gasteiger partial charge is 0.339 e. The third-order valence-corrected chi connectivity index (χ3v) is 9.14. The molecular weight excluding hydrogens is 498 g/mol. The van der Waals surface area contributed by atoms with Gasteiger partial charge in [0.1, 0.15) is 4.88 Å². The first-order chi connectivity index (χ1) is 17.8. The monoisotopic (exact) mass is 541 g/mol. The third-order valence-electron chi connectivity index (χ3n) is 7.92. The van der Waals surface area contributed by atoms with Crippen molar-refractivity contribution >= 4 is 23.2 Å². The van der Waals surface area contributed by atoms with Crippen LogP contribution in [-0.4, -0.2) is 30.0 Å². The van der Waals surface area contributed by atoms with Crippen molar-refractivity contribution in [2.24, 2.45) is 11.8 Å². The predicted octanol–water partition coefficient (Wildman–Crippen LogP) is 5.84. The summed E-state index contributed by atoms with van der Waals surface area (Å²) >= 11 is 1.28. The number of nitrogens with one attached hydrogen (secondary N) is 1. The van der Waals surface area contributed by atoms with Gasteiger partial charge in [0.05, 0.1) is 13.0 Å². The molecule has 0 radical (unpaired) electrons. The number of ether oxygens (including phenoxy) is 1. The van der Waals surface area contributed by atoms with E-state index in [1.165, 1.54) is 37.7 Å². The summed E-state index contributed by atoms with van der Waals surface area (Å²) in [5, 5.41) is 16.9. The second-order valence-corrected chi connectivity index (χ2v) is 14.2. The highest BCUT2D eigenvalue weighted by atomic mass is 32.1. The van der Waals surface area contributed by atoms with E-state index in [0.29, 0.717) is 30.9 Å². The minimum absolute atomic E-state index is 0.125. The molecular formula is C30H43N3O4S. The molecule has 2 saturated carbocycles. The zero-order valence-corrected chi connectivity index (χ0v) is 24.8. The maximum absolute atomic E-state index is 13.7. The molecule has 208 valence electrons. The molecule has 1 N–H and O–H groups in total. The summed E-state index contributed by atoms with van der Waals surface area (Å²) in [4.78, 5) is 30.9. The van der Waals surface area contributed by atoms with Crippen LogP contribution in [0.2, 0.25) is 0 Å². The van der Waals surface area contributed by atoms with Gasteiger partial charge in [-0.05, 0) is 43.7 Å². The van der Waals surface area contributed by atoms with E-state index in [1.807, 2.05) is 0 Å². The Labute approximate surface area is 231 Å². The molecule has 2 heterocycles. The number of esters is 1. The Balaban J connectivity index is 1.72. The summed E-state index contributed by atoms with van der Waals surface area (Å²) in [6.07, 6.45) is 7.62. The van der Waals surface area contributed by atoms with Crippen LogP contribution in [0, 0.1) is 17.0 Å². The van der Waals surface area contributed by atoms with E-state index in [2.05, 4.69) is 59.0 Å². The number of thiazole rings is 1. The molecule has 4 rings (SSSR count).